The van der Waals surface area contributed by atoms with E-state index in [0.29, 0.717) is 6.04 Å². The molecule has 0 atom stereocenters. The van der Waals surface area contributed by atoms with Gasteiger partial charge in [-0.25, -0.2) is 0 Å². The quantitative estimate of drug-likeness (QED) is 0.776. The van der Waals surface area contributed by atoms with Crippen molar-refractivity contribution in [3.63, 3.8) is 0 Å². The molecule has 0 aliphatic heterocycles. The molecule has 0 fully saturated rings. The molecule has 0 aromatic carbocycles. The van der Waals surface area contributed by atoms with Crippen molar-refractivity contribution in [1.29, 1.82) is 0 Å². The van der Waals surface area contributed by atoms with Gasteiger partial charge in [-0.1, -0.05) is 0 Å². The predicted molar refractivity (Wildman–Crippen MR) is 63.0 cm³/mol. The normalized spacial score (nSPS) is 11.7. The second-order valence-electron chi connectivity index (χ2n) is 4.36. The minimum atomic E-state index is 0.237. The second kappa shape index (κ2) is 5.96. The zero-order valence-corrected chi connectivity index (χ0v) is 10.6. The Labute approximate surface area is 97.1 Å². The van der Waals surface area contributed by atoms with Crippen LogP contribution in [-0.4, -0.2) is 44.0 Å². The lowest BCUT2D eigenvalue weighted by molar-refractivity contribution is 0.179. The molecule has 1 heterocycles. The summed E-state index contributed by atoms with van der Waals surface area (Å²) in [4.78, 5) is 2.29. The van der Waals surface area contributed by atoms with E-state index in [4.69, 9.17) is 5.11 Å². The van der Waals surface area contributed by atoms with Crippen LogP contribution >= 0.6 is 0 Å². The molecule has 0 saturated carbocycles. The first-order valence-electron chi connectivity index (χ1n) is 5.76. The van der Waals surface area contributed by atoms with Crippen LogP contribution < -0.4 is 0 Å². The predicted octanol–water partition coefficient (Wildman–Crippen LogP) is 0.716. The first kappa shape index (κ1) is 13.1. The van der Waals surface area contributed by atoms with E-state index in [1.165, 1.54) is 0 Å². The van der Waals surface area contributed by atoms with Gasteiger partial charge in [-0.05, 0) is 27.2 Å². The van der Waals surface area contributed by atoms with E-state index in [-0.39, 0.29) is 6.61 Å². The van der Waals surface area contributed by atoms with Crippen molar-refractivity contribution in [2.75, 3.05) is 13.2 Å². The summed E-state index contributed by atoms with van der Waals surface area (Å²) in [6.45, 7) is 8.17. The third-order valence-electron chi connectivity index (χ3n) is 2.86. The lowest BCUT2D eigenvalue weighted by atomic mass is 10.3. The SMILES string of the molecule is Cc1nnc(CN(CCCO)C(C)C)n1C. The third-order valence-corrected chi connectivity index (χ3v) is 2.86. The van der Waals surface area contributed by atoms with E-state index in [9.17, 15) is 0 Å². The molecule has 92 valence electrons. The number of hydrogen-bond donors (Lipinski definition) is 1. The van der Waals surface area contributed by atoms with Crippen LogP contribution in [0, 0.1) is 6.92 Å². The van der Waals surface area contributed by atoms with Gasteiger partial charge in [-0.15, -0.1) is 10.2 Å². The molecule has 0 radical (unpaired) electrons. The summed E-state index contributed by atoms with van der Waals surface area (Å²) in [7, 11) is 1.98. The number of aryl methyl sites for hydroxylation is 1. The summed E-state index contributed by atoms with van der Waals surface area (Å²) in [5.74, 6) is 1.91. The van der Waals surface area contributed by atoms with Gasteiger partial charge in [0.2, 0.25) is 0 Å². The van der Waals surface area contributed by atoms with Gasteiger partial charge in [-0.3, -0.25) is 4.90 Å². The van der Waals surface area contributed by atoms with Gasteiger partial charge in [0.05, 0.1) is 6.54 Å². The molecular weight excluding hydrogens is 204 g/mol. The van der Waals surface area contributed by atoms with Gasteiger partial charge < -0.3 is 9.67 Å². The highest BCUT2D eigenvalue weighted by Crippen LogP contribution is 2.07. The van der Waals surface area contributed by atoms with Gasteiger partial charge in [0.1, 0.15) is 11.6 Å². The van der Waals surface area contributed by atoms with Crippen molar-refractivity contribution in [1.82, 2.24) is 19.7 Å². The van der Waals surface area contributed by atoms with Crippen LogP contribution in [0.1, 0.15) is 31.9 Å². The fourth-order valence-electron chi connectivity index (χ4n) is 1.56. The highest BCUT2D eigenvalue weighted by atomic mass is 16.3. The molecule has 0 amide bonds. The van der Waals surface area contributed by atoms with Gasteiger partial charge in [0, 0.05) is 26.2 Å². The number of nitrogens with zero attached hydrogens (tertiary/aromatic N) is 4. The van der Waals surface area contributed by atoms with Gasteiger partial charge in [-0.2, -0.15) is 0 Å². The van der Waals surface area contributed by atoms with Crippen LogP contribution in [0.5, 0.6) is 0 Å². The van der Waals surface area contributed by atoms with Crippen molar-refractivity contribution in [2.24, 2.45) is 7.05 Å². The molecule has 1 aromatic rings. The number of aromatic nitrogens is 3. The van der Waals surface area contributed by atoms with Crippen LogP contribution in [0.4, 0.5) is 0 Å². The van der Waals surface area contributed by atoms with E-state index in [2.05, 4.69) is 28.9 Å². The fourth-order valence-corrected chi connectivity index (χ4v) is 1.56. The Hall–Kier alpha value is -0.940. The van der Waals surface area contributed by atoms with E-state index >= 15 is 0 Å². The lowest BCUT2D eigenvalue weighted by Gasteiger charge is -2.25. The van der Waals surface area contributed by atoms with Gasteiger partial charge >= 0.3 is 0 Å². The molecule has 1 N–H and O–H groups in total. The van der Waals surface area contributed by atoms with Crippen molar-refractivity contribution in [3.8, 4) is 0 Å². The highest BCUT2D eigenvalue weighted by Gasteiger charge is 2.13. The molecule has 0 aliphatic rings. The zero-order valence-electron chi connectivity index (χ0n) is 10.6. The van der Waals surface area contributed by atoms with Crippen LogP contribution in [-0.2, 0) is 13.6 Å². The van der Waals surface area contributed by atoms with Gasteiger partial charge in [0.25, 0.3) is 0 Å². The topological polar surface area (TPSA) is 54.2 Å². The second-order valence-corrected chi connectivity index (χ2v) is 4.36. The summed E-state index contributed by atoms with van der Waals surface area (Å²) in [5, 5.41) is 17.1. The molecule has 0 aliphatic carbocycles. The first-order valence-corrected chi connectivity index (χ1v) is 5.76. The number of aliphatic hydroxyl groups is 1. The minimum Gasteiger partial charge on any atom is -0.396 e. The first-order chi connectivity index (χ1) is 7.56. The smallest absolute Gasteiger partial charge is 0.146 e. The molecule has 16 heavy (non-hydrogen) atoms. The summed E-state index contributed by atoms with van der Waals surface area (Å²) in [6, 6.07) is 0.448. The fraction of sp³-hybridized carbons (Fsp3) is 0.818. The van der Waals surface area contributed by atoms with Crippen LogP contribution in [0.25, 0.3) is 0 Å². The maximum atomic E-state index is 8.86. The zero-order chi connectivity index (χ0) is 12.1. The molecular formula is C11H22N4O. The third kappa shape index (κ3) is 3.28. The Morgan fingerprint density at radius 1 is 1.38 bits per heavy atom. The Morgan fingerprint density at radius 3 is 2.50 bits per heavy atom. The lowest BCUT2D eigenvalue weighted by Crippen LogP contribution is -2.32. The number of hydrogen-bond acceptors (Lipinski definition) is 4. The summed E-state index contributed by atoms with van der Waals surface area (Å²) < 4.78 is 2.01. The van der Waals surface area contributed by atoms with Crippen molar-refractivity contribution >= 4 is 0 Å². The Bertz CT molecular complexity index is 322. The maximum Gasteiger partial charge on any atom is 0.146 e. The average molecular weight is 226 g/mol. The molecule has 1 aromatic heterocycles. The molecule has 0 unspecified atom stereocenters. The monoisotopic (exact) mass is 226 g/mol. The van der Waals surface area contributed by atoms with Gasteiger partial charge in [0.15, 0.2) is 0 Å². The molecule has 1 rings (SSSR count). The average Bonchev–Trinajstić information content (AvgIpc) is 2.55. The van der Waals surface area contributed by atoms with Crippen molar-refractivity contribution in [3.05, 3.63) is 11.6 Å². The molecule has 0 bridgehead atoms. The van der Waals surface area contributed by atoms with E-state index in [1.807, 2.05) is 18.5 Å². The summed E-state index contributed by atoms with van der Waals surface area (Å²) >= 11 is 0. The summed E-state index contributed by atoms with van der Waals surface area (Å²) in [5.41, 5.74) is 0. The van der Waals surface area contributed by atoms with E-state index in [1.54, 1.807) is 0 Å². The standard InChI is InChI=1S/C11H22N4O/c1-9(2)15(6-5-7-16)8-11-13-12-10(3)14(11)4/h9,16H,5-8H2,1-4H3. The Balaban J connectivity index is 2.64. The Morgan fingerprint density at radius 2 is 2.06 bits per heavy atom. The number of rotatable bonds is 6. The summed E-state index contributed by atoms with van der Waals surface area (Å²) in [6.07, 6.45) is 0.801. The van der Waals surface area contributed by atoms with Crippen LogP contribution in [0.2, 0.25) is 0 Å². The largest absolute Gasteiger partial charge is 0.396 e. The van der Waals surface area contributed by atoms with E-state index in [0.717, 1.165) is 31.2 Å². The molecule has 5 nitrogen and oxygen atoms in total. The molecule has 0 saturated heterocycles. The highest BCUT2D eigenvalue weighted by molar-refractivity contribution is 4.92. The van der Waals surface area contributed by atoms with Crippen LogP contribution in [0.15, 0.2) is 0 Å². The number of aliphatic hydroxyl groups excluding tert-OH is 1. The minimum absolute atomic E-state index is 0.237. The van der Waals surface area contributed by atoms with E-state index < -0.39 is 0 Å². The maximum absolute atomic E-state index is 8.86. The van der Waals surface area contributed by atoms with Crippen molar-refractivity contribution < 1.29 is 5.11 Å². The van der Waals surface area contributed by atoms with Crippen LogP contribution in [0.3, 0.4) is 0 Å². The Kier molecular flexibility index (Phi) is 4.89. The molecule has 5 heteroatoms. The molecule has 0 spiro atoms. The van der Waals surface area contributed by atoms with Crippen molar-refractivity contribution in [2.45, 2.75) is 39.8 Å².